The minimum atomic E-state index is -0.0549. The fourth-order valence-corrected chi connectivity index (χ4v) is 7.42. The van der Waals surface area contributed by atoms with E-state index in [0.717, 1.165) is 0 Å². The van der Waals surface area contributed by atoms with Crippen molar-refractivity contribution in [2.45, 2.75) is 45.4 Å². The molecule has 5 aromatic carbocycles. The maximum Gasteiger partial charge on any atom is 0.0582 e. The van der Waals surface area contributed by atoms with Gasteiger partial charge in [-0.1, -0.05) is 94.4 Å². The van der Waals surface area contributed by atoms with Crippen molar-refractivity contribution >= 4 is 32.6 Å². The van der Waals surface area contributed by atoms with Gasteiger partial charge >= 0.3 is 0 Å². The Hall–Kier alpha value is -3.84. The number of aryl methyl sites for hydroxylation is 1. The summed E-state index contributed by atoms with van der Waals surface area (Å²) in [6.45, 7) is 11.8. The lowest BCUT2D eigenvalue weighted by Gasteiger charge is -2.34. The van der Waals surface area contributed by atoms with Crippen molar-refractivity contribution in [3.63, 3.8) is 0 Å². The molecule has 0 unspecified atom stereocenters. The van der Waals surface area contributed by atoms with Gasteiger partial charge in [0.15, 0.2) is 0 Å². The van der Waals surface area contributed by atoms with E-state index in [0.29, 0.717) is 0 Å². The second kappa shape index (κ2) is 6.28. The highest BCUT2D eigenvalue weighted by molar-refractivity contribution is 6.15. The lowest BCUT2D eigenvalue weighted by Crippen LogP contribution is -2.26. The fourth-order valence-electron chi connectivity index (χ4n) is 7.42. The molecule has 1 aliphatic heterocycles. The fraction of sp³-hybridized carbons (Fsp3) is 0.200. The van der Waals surface area contributed by atoms with Crippen molar-refractivity contribution < 1.29 is 0 Å². The molecule has 0 amide bonds. The molecule has 2 aliphatic rings. The highest BCUT2D eigenvalue weighted by Crippen LogP contribution is 2.55. The Morgan fingerprint density at radius 2 is 1.22 bits per heavy atom. The van der Waals surface area contributed by atoms with Crippen LogP contribution in [0, 0.1) is 6.92 Å². The van der Waals surface area contributed by atoms with E-state index in [4.69, 9.17) is 0 Å². The Labute approximate surface area is 212 Å². The summed E-state index contributed by atoms with van der Waals surface area (Å²) in [5.41, 5.74) is 13.8. The van der Waals surface area contributed by atoms with Gasteiger partial charge < -0.3 is 4.57 Å². The third kappa shape index (κ3) is 2.19. The van der Waals surface area contributed by atoms with Crippen LogP contribution in [0.25, 0.3) is 49.4 Å². The maximum absolute atomic E-state index is 2.54. The van der Waals surface area contributed by atoms with Crippen LogP contribution in [-0.2, 0) is 10.8 Å². The molecule has 1 aliphatic carbocycles. The van der Waals surface area contributed by atoms with Gasteiger partial charge in [0.2, 0.25) is 0 Å². The first-order valence-corrected chi connectivity index (χ1v) is 13.1. The van der Waals surface area contributed by atoms with Crippen LogP contribution in [0.4, 0.5) is 0 Å². The molecule has 36 heavy (non-hydrogen) atoms. The van der Waals surface area contributed by atoms with Crippen LogP contribution in [0.5, 0.6) is 0 Å². The lowest BCUT2D eigenvalue weighted by molar-refractivity contribution is 0.630. The van der Waals surface area contributed by atoms with Crippen molar-refractivity contribution in [1.82, 2.24) is 4.57 Å². The van der Waals surface area contributed by atoms with E-state index in [9.17, 15) is 0 Å². The highest BCUT2D eigenvalue weighted by Gasteiger charge is 2.39. The summed E-state index contributed by atoms with van der Waals surface area (Å²) in [6.07, 6.45) is 0. The highest BCUT2D eigenvalue weighted by atomic mass is 15.0. The third-order valence-electron chi connectivity index (χ3n) is 9.29. The normalized spacial score (nSPS) is 16.4. The minimum Gasteiger partial charge on any atom is -0.309 e. The van der Waals surface area contributed by atoms with Crippen LogP contribution in [0.2, 0.25) is 0 Å². The molecule has 6 aromatic rings. The predicted octanol–water partition coefficient (Wildman–Crippen LogP) is 9.19. The molecule has 1 nitrogen and oxygen atoms in total. The standard InChI is InChI=1S/C35H29N/c1-20-17-29-32(22-12-7-6-11-21(20)22)25-18-24-23-13-10-15-27-33(23)36(31(24)19-28(25)35(29,4)5)30-16-9-8-14-26(30)34(27,2)3/h6-19H,1-5H3. The van der Waals surface area contributed by atoms with E-state index in [1.807, 2.05) is 0 Å². The summed E-state index contributed by atoms with van der Waals surface area (Å²) >= 11 is 0. The van der Waals surface area contributed by atoms with E-state index >= 15 is 0 Å². The zero-order valence-electron chi connectivity index (χ0n) is 21.5. The smallest absolute Gasteiger partial charge is 0.0582 e. The molecule has 0 atom stereocenters. The molecule has 0 fully saturated rings. The van der Waals surface area contributed by atoms with Crippen molar-refractivity contribution in [3.8, 4) is 16.8 Å². The summed E-state index contributed by atoms with van der Waals surface area (Å²) in [5.74, 6) is 0. The molecule has 0 N–H and O–H groups in total. The molecule has 0 bridgehead atoms. The number of hydrogen-bond acceptors (Lipinski definition) is 0. The van der Waals surface area contributed by atoms with Gasteiger partial charge in [-0.05, 0) is 74.8 Å². The van der Waals surface area contributed by atoms with Crippen molar-refractivity contribution in [2.75, 3.05) is 0 Å². The van der Waals surface area contributed by atoms with Gasteiger partial charge in [0.1, 0.15) is 0 Å². The van der Waals surface area contributed by atoms with Crippen molar-refractivity contribution in [1.29, 1.82) is 0 Å². The van der Waals surface area contributed by atoms with Gasteiger partial charge in [-0.3, -0.25) is 0 Å². The van der Waals surface area contributed by atoms with Crippen LogP contribution in [0.3, 0.4) is 0 Å². The van der Waals surface area contributed by atoms with Gasteiger partial charge in [-0.2, -0.15) is 0 Å². The van der Waals surface area contributed by atoms with Gasteiger partial charge in [0.05, 0.1) is 16.7 Å². The van der Waals surface area contributed by atoms with E-state index in [-0.39, 0.29) is 10.8 Å². The van der Waals surface area contributed by atoms with Crippen molar-refractivity contribution in [3.05, 3.63) is 113 Å². The zero-order chi connectivity index (χ0) is 24.6. The number of para-hydroxylation sites is 2. The number of rotatable bonds is 0. The van der Waals surface area contributed by atoms with Gasteiger partial charge in [0, 0.05) is 21.6 Å². The molecule has 1 aromatic heterocycles. The van der Waals surface area contributed by atoms with E-state index in [1.165, 1.54) is 77.2 Å². The second-order valence-corrected chi connectivity index (χ2v) is 11.9. The molecule has 0 saturated heterocycles. The lowest BCUT2D eigenvalue weighted by atomic mass is 9.75. The number of fused-ring (bicyclic) bond motifs is 10. The van der Waals surface area contributed by atoms with Crippen LogP contribution in [0.15, 0.2) is 84.9 Å². The average molecular weight is 464 g/mol. The minimum absolute atomic E-state index is 0.0389. The maximum atomic E-state index is 2.54. The molecule has 8 rings (SSSR count). The summed E-state index contributed by atoms with van der Waals surface area (Å²) in [7, 11) is 0. The zero-order valence-corrected chi connectivity index (χ0v) is 21.5. The SMILES string of the molecule is Cc1cc2c(c3ccccc13)-c1cc3c4cccc5c4n(c3cc1C2(C)C)-c1ccccc1C5(C)C. The first-order valence-electron chi connectivity index (χ1n) is 13.1. The molecule has 0 saturated carbocycles. The number of aromatic nitrogens is 1. The molecule has 2 heterocycles. The first kappa shape index (κ1) is 20.4. The number of nitrogens with zero attached hydrogens (tertiary/aromatic N) is 1. The molecule has 0 radical (unpaired) electrons. The molecule has 0 spiro atoms. The summed E-state index contributed by atoms with van der Waals surface area (Å²) in [6, 6.07) is 32.3. The summed E-state index contributed by atoms with van der Waals surface area (Å²) < 4.78 is 2.54. The molecular formula is C35H29N. The number of benzene rings is 5. The van der Waals surface area contributed by atoms with Crippen LogP contribution >= 0.6 is 0 Å². The molecule has 1 heteroatoms. The number of hydrogen-bond donors (Lipinski definition) is 0. The monoisotopic (exact) mass is 463 g/mol. The van der Waals surface area contributed by atoms with Crippen LogP contribution < -0.4 is 0 Å². The first-order chi connectivity index (χ1) is 17.3. The molecule has 174 valence electrons. The van der Waals surface area contributed by atoms with Gasteiger partial charge in [-0.15, -0.1) is 0 Å². The average Bonchev–Trinajstić information content (AvgIpc) is 3.31. The Morgan fingerprint density at radius 3 is 2.06 bits per heavy atom. The molecular weight excluding hydrogens is 434 g/mol. The Bertz CT molecular complexity index is 1940. The Morgan fingerprint density at radius 1 is 0.556 bits per heavy atom. The van der Waals surface area contributed by atoms with Crippen LogP contribution in [-0.4, -0.2) is 4.57 Å². The second-order valence-electron chi connectivity index (χ2n) is 11.9. The van der Waals surface area contributed by atoms with E-state index < -0.39 is 0 Å². The largest absolute Gasteiger partial charge is 0.309 e. The predicted molar refractivity (Wildman–Crippen MR) is 153 cm³/mol. The topological polar surface area (TPSA) is 4.93 Å². The summed E-state index contributed by atoms with van der Waals surface area (Å²) in [4.78, 5) is 0. The van der Waals surface area contributed by atoms with Gasteiger partial charge in [-0.25, -0.2) is 0 Å². The van der Waals surface area contributed by atoms with Crippen molar-refractivity contribution in [2.24, 2.45) is 0 Å². The Balaban J connectivity index is 1.58. The van der Waals surface area contributed by atoms with Crippen LogP contribution in [0.1, 0.15) is 55.5 Å². The van der Waals surface area contributed by atoms with Gasteiger partial charge in [0.25, 0.3) is 0 Å². The van der Waals surface area contributed by atoms with E-state index in [2.05, 4.69) is 124 Å². The quantitative estimate of drug-likeness (QED) is 0.212. The summed E-state index contributed by atoms with van der Waals surface area (Å²) in [5, 5.41) is 5.44. The Kier molecular flexibility index (Phi) is 3.55. The van der Waals surface area contributed by atoms with E-state index in [1.54, 1.807) is 0 Å². The third-order valence-corrected chi connectivity index (χ3v) is 9.29.